The third-order valence-corrected chi connectivity index (χ3v) is 4.75. The van der Waals surface area contributed by atoms with Gasteiger partial charge in [-0.25, -0.2) is 9.07 Å². The molecule has 0 aliphatic heterocycles. The van der Waals surface area contributed by atoms with Gasteiger partial charge in [-0.15, -0.1) is 0 Å². The molecule has 3 aromatic carbocycles. The zero-order valence-corrected chi connectivity index (χ0v) is 15.7. The molecule has 0 aliphatic carbocycles. The minimum atomic E-state index is -4.38. The van der Waals surface area contributed by atoms with Crippen LogP contribution in [0.2, 0.25) is 0 Å². The van der Waals surface area contributed by atoms with E-state index in [4.69, 9.17) is 0 Å². The van der Waals surface area contributed by atoms with Gasteiger partial charge >= 0.3 is 6.18 Å². The van der Waals surface area contributed by atoms with Crippen molar-refractivity contribution in [2.24, 2.45) is 0 Å². The number of nitrogens with zero attached hydrogens (tertiary/aromatic N) is 2. The van der Waals surface area contributed by atoms with Crippen LogP contribution in [0, 0.1) is 5.82 Å². The van der Waals surface area contributed by atoms with Gasteiger partial charge in [0.15, 0.2) is 0 Å². The molecule has 30 heavy (non-hydrogen) atoms. The summed E-state index contributed by atoms with van der Waals surface area (Å²) in [5.41, 5.74) is 2.48. The lowest BCUT2D eigenvalue weighted by Gasteiger charge is -2.13. The first-order chi connectivity index (χ1) is 14.3. The Kier molecular flexibility index (Phi) is 5.03. The van der Waals surface area contributed by atoms with Crippen molar-refractivity contribution in [3.63, 3.8) is 0 Å². The number of halogens is 4. The summed E-state index contributed by atoms with van der Waals surface area (Å²) >= 11 is 0. The van der Waals surface area contributed by atoms with Gasteiger partial charge in [-0.05, 0) is 42.0 Å². The van der Waals surface area contributed by atoms with E-state index in [1.807, 2.05) is 18.2 Å². The summed E-state index contributed by atoms with van der Waals surface area (Å²) in [6, 6.07) is 16.8. The molecule has 0 aliphatic rings. The van der Waals surface area contributed by atoms with Crippen molar-refractivity contribution in [3.8, 4) is 5.69 Å². The predicted octanol–water partition coefficient (Wildman–Crippen LogP) is 5.94. The molecule has 7 heteroatoms. The molecule has 4 rings (SSSR count). The second kappa shape index (κ2) is 7.67. The highest BCUT2D eigenvalue weighted by Gasteiger charge is 2.30. The summed E-state index contributed by atoms with van der Waals surface area (Å²) in [4.78, 5) is 0. The van der Waals surface area contributed by atoms with E-state index in [2.05, 4.69) is 17.0 Å². The van der Waals surface area contributed by atoms with Crippen LogP contribution in [0.25, 0.3) is 22.3 Å². The average Bonchev–Trinajstić information content (AvgIpc) is 3.16. The van der Waals surface area contributed by atoms with Crippen LogP contribution in [0.5, 0.6) is 0 Å². The molecule has 0 unspecified atom stereocenters. The monoisotopic (exact) mass is 411 g/mol. The third-order valence-electron chi connectivity index (χ3n) is 4.75. The Hall–Kier alpha value is -3.61. The number of hydrogen-bond acceptors (Lipinski definition) is 2. The Morgan fingerprint density at radius 2 is 1.77 bits per heavy atom. The van der Waals surface area contributed by atoms with Gasteiger partial charge in [0.05, 0.1) is 23.0 Å². The number of alkyl halides is 3. The number of fused-ring (bicyclic) bond motifs is 1. The topological polar surface area (TPSA) is 29.9 Å². The first kappa shape index (κ1) is 19.7. The quantitative estimate of drug-likeness (QED) is 0.412. The van der Waals surface area contributed by atoms with Gasteiger partial charge in [-0.1, -0.05) is 36.9 Å². The molecule has 3 nitrogen and oxygen atoms in total. The van der Waals surface area contributed by atoms with Gasteiger partial charge in [0.1, 0.15) is 5.82 Å². The van der Waals surface area contributed by atoms with E-state index in [1.165, 1.54) is 18.2 Å². The standard InChI is InChI=1S/C23H17F4N3/c1-15(28-13-16-5-2-6-17(11-16)23(25,26)27)20-9-4-10-22-21(20)14-29-30(22)19-8-3-7-18(24)12-19/h2-12,14,28H,1,13H2. The molecule has 0 bridgehead atoms. The zero-order valence-electron chi connectivity index (χ0n) is 15.7. The highest BCUT2D eigenvalue weighted by Crippen LogP contribution is 2.30. The fourth-order valence-electron chi connectivity index (χ4n) is 3.29. The maximum absolute atomic E-state index is 13.6. The van der Waals surface area contributed by atoms with E-state index < -0.39 is 11.7 Å². The molecule has 0 radical (unpaired) electrons. The first-order valence-electron chi connectivity index (χ1n) is 9.15. The lowest BCUT2D eigenvalue weighted by molar-refractivity contribution is -0.137. The molecule has 152 valence electrons. The van der Waals surface area contributed by atoms with Gasteiger partial charge in [0, 0.05) is 23.2 Å². The van der Waals surface area contributed by atoms with Gasteiger partial charge in [-0.3, -0.25) is 0 Å². The minimum Gasteiger partial charge on any atom is -0.381 e. The van der Waals surface area contributed by atoms with Crippen molar-refractivity contribution in [3.05, 3.63) is 102 Å². The van der Waals surface area contributed by atoms with Crippen molar-refractivity contribution < 1.29 is 17.6 Å². The Morgan fingerprint density at radius 1 is 1.00 bits per heavy atom. The maximum atomic E-state index is 13.6. The lowest BCUT2D eigenvalue weighted by Crippen LogP contribution is -2.12. The molecule has 4 aromatic rings. The molecule has 0 amide bonds. The van der Waals surface area contributed by atoms with Gasteiger partial charge < -0.3 is 5.32 Å². The summed E-state index contributed by atoms with van der Waals surface area (Å²) in [5, 5.41) is 8.24. The van der Waals surface area contributed by atoms with Crippen LogP contribution in [0.3, 0.4) is 0 Å². The molecule has 0 fully saturated rings. The summed E-state index contributed by atoms with van der Waals surface area (Å²) in [6.45, 7) is 4.22. The first-order valence-corrected chi connectivity index (χ1v) is 9.15. The normalized spacial score (nSPS) is 11.6. The van der Waals surface area contributed by atoms with Crippen LogP contribution >= 0.6 is 0 Å². The van der Waals surface area contributed by atoms with Gasteiger partial charge in [0.25, 0.3) is 0 Å². The van der Waals surface area contributed by atoms with Crippen LogP contribution < -0.4 is 5.32 Å². The Balaban J connectivity index is 1.59. The molecule has 0 saturated heterocycles. The average molecular weight is 411 g/mol. The molecular weight excluding hydrogens is 394 g/mol. The van der Waals surface area contributed by atoms with E-state index in [9.17, 15) is 17.6 Å². The van der Waals surface area contributed by atoms with Crippen molar-refractivity contribution in [2.45, 2.75) is 12.7 Å². The molecule has 0 saturated carbocycles. The lowest BCUT2D eigenvalue weighted by atomic mass is 10.1. The van der Waals surface area contributed by atoms with Crippen molar-refractivity contribution in [1.29, 1.82) is 0 Å². The van der Waals surface area contributed by atoms with Crippen molar-refractivity contribution in [1.82, 2.24) is 15.1 Å². The highest BCUT2D eigenvalue weighted by atomic mass is 19.4. The maximum Gasteiger partial charge on any atom is 0.416 e. The van der Waals surface area contributed by atoms with E-state index in [-0.39, 0.29) is 12.4 Å². The fraction of sp³-hybridized carbons (Fsp3) is 0.0870. The number of hydrogen-bond donors (Lipinski definition) is 1. The molecule has 1 heterocycles. The second-order valence-electron chi connectivity index (χ2n) is 6.80. The number of aromatic nitrogens is 2. The smallest absolute Gasteiger partial charge is 0.381 e. The SMILES string of the molecule is C=C(NCc1cccc(C(F)(F)F)c1)c1cccc2c1cnn2-c1cccc(F)c1. The Bertz CT molecular complexity index is 1220. The number of rotatable bonds is 5. The molecule has 0 atom stereocenters. The third kappa shape index (κ3) is 3.91. The van der Waals surface area contributed by atoms with Crippen LogP contribution in [0.15, 0.2) is 79.5 Å². The van der Waals surface area contributed by atoms with E-state index in [0.717, 1.165) is 28.6 Å². The predicted molar refractivity (Wildman–Crippen MR) is 108 cm³/mol. The summed E-state index contributed by atoms with van der Waals surface area (Å²) in [6.07, 6.45) is -2.73. The van der Waals surface area contributed by atoms with Crippen molar-refractivity contribution >= 4 is 16.6 Å². The number of benzene rings is 3. The summed E-state index contributed by atoms with van der Waals surface area (Å²) in [7, 11) is 0. The Morgan fingerprint density at radius 3 is 2.53 bits per heavy atom. The minimum absolute atomic E-state index is 0.192. The number of nitrogens with one attached hydrogen (secondary N) is 1. The largest absolute Gasteiger partial charge is 0.416 e. The van der Waals surface area contributed by atoms with Gasteiger partial charge in [0.2, 0.25) is 0 Å². The molecule has 0 spiro atoms. The second-order valence-corrected chi connectivity index (χ2v) is 6.80. The van der Waals surface area contributed by atoms with Crippen LogP contribution in [0.1, 0.15) is 16.7 Å². The Labute approximate surface area is 170 Å². The van der Waals surface area contributed by atoms with Crippen LogP contribution in [-0.4, -0.2) is 9.78 Å². The van der Waals surface area contributed by atoms with Gasteiger partial charge in [-0.2, -0.15) is 18.3 Å². The fourth-order valence-corrected chi connectivity index (χ4v) is 3.29. The zero-order chi connectivity index (χ0) is 21.3. The summed E-state index contributed by atoms with van der Waals surface area (Å²) in [5.74, 6) is -0.362. The van der Waals surface area contributed by atoms with Crippen LogP contribution in [-0.2, 0) is 12.7 Å². The molecule has 1 aromatic heterocycles. The van der Waals surface area contributed by atoms with Crippen LogP contribution in [0.4, 0.5) is 17.6 Å². The molecule has 1 N–H and O–H groups in total. The molecular formula is C23H17F4N3. The van der Waals surface area contributed by atoms with E-state index in [1.54, 1.807) is 29.1 Å². The highest BCUT2D eigenvalue weighted by molar-refractivity contribution is 5.91. The van der Waals surface area contributed by atoms with E-state index >= 15 is 0 Å². The van der Waals surface area contributed by atoms with E-state index in [0.29, 0.717) is 16.9 Å². The van der Waals surface area contributed by atoms with Crippen molar-refractivity contribution in [2.75, 3.05) is 0 Å². The summed E-state index contributed by atoms with van der Waals surface area (Å²) < 4.78 is 53.9.